The van der Waals surface area contributed by atoms with Crippen LogP contribution in [0.3, 0.4) is 0 Å². The second-order valence-corrected chi connectivity index (χ2v) is 7.15. The van der Waals surface area contributed by atoms with Crippen LogP contribution in [0.4, 0.5) is 13.2 Å². The molecule has 2 aromatic heterocycles. The number of carboxylic acids is 1. The average Bonchev–Trinajstić information content (AvgIpc) is 2.78. The molecular formula is C24H17F3N2O3. The van der Waals surface area contributed by atoms with Gasteiger partial charge in [0.2, 0.25) is 0 Å². The molecule has 5 nitrogen and oxygen atoms in total. The molecule has 32 heavy (non-hydrogen) atoms. The Balaban J connectivity index is 1.72. The van der Waals surface area contributed by atoms with Gasteiger partial charge in [-0.25, -0.2) is 9.78 Å². The lowest BCUT2D eigenvalue weighted by atomic mass is 10.0. The van der Waals surface area contributed by atoms with Crippen molar-refractivity contribution < 1.29 is 27.8 Å². The van der Waals surface area contributed by atoms with Crippen molar-refractivity contribution in [3.05, 3.63) is 83.6 Å². The Hall–Kier alpha value is -3.78. The number of carboxylic acid groups (broad SMARTS) is 1. The van der Waals surface area contributed by atoms with Crippen LogP contribution < -0.4 is 0 Å². The van der Waals surface area contributed by atoms with Gasteiger partial charge >= 0.3 is 12.1 Å². The molecule has 0 aliphatic rings. The molecule has 2 aromatic carbocycles. The van der Waals surface area contributed by atoms with Gasteiger partial charge in [0, 0.05) is 24.3 Å². The van der Waals surface area contributed by atoms with Crippen molar-refractivity contribution in [3.63, 3.8) is 0 Å². The number of hydrogen-bond donors (Lipinski definition) is 1. The van der Waals surface area contributed by atoms with Crippen LogP contribution >= 0.6 is 0 Å². The van der Waals surface area contributed by atoms with E-state index in [0.717, 1.165) is 28.8 Å². The topological polar surface area (TPSA) is 72.3 Å². The standard InChI is InChI=1S/C24H17F3N2O3/c1-32-13-14-2-4-15(5-3-14)16-6-8-21(28-12-16)22-11-19(23(30)31)18-10-17(24(25,26)27)7-9-20(18)29-22/h2-12H,13H2,1H3,(H,30,31). The van der Waals surface area contributed by atoms with E-state index in [2.05, 4.69) is 9.97 Å². The van der Waals surface area contributed by atoms with E-state index < -0.39 is 17.7 Å². The lowest BCUT2D eigenvalue weighted by Crippen LogP contribution is -2.06. The third kappa shape index (κ3) is 4.31. The molecular weight excluding hydrogens is 421 g/mol. The summed E-state index contributed by atoms with van der Waals surface area (Å²) >= 11 is 0. The van der Waals surface area contributed by atoms with E-state index in [-0.39, 0.29) is 22.2 Å². The molecule has 0 bridgehead atoms. The van der Waals surface area contributed by atoms with Crippen molar-refractivity contribution in [1.29, 1.82) is 0 Å². The molecule has 0 fully saturated rings. The summed E-state index contributed by atoms with van der Waals surface area (Å²) in [4.78, 5) is 20.5. The summed E-state index contributed by atoms with van der Waals surface area (Å²) in [6.45, 7) is 0.515. The Morgan fingerprint density at radius 3 is 2.28 bits per heavy atom. The Bertz CT molecular complexity index is 1290. The summed E-state index contributed by atoms with van der Waals surface area (Å²) in [7, 11) is 1.63. The van der Waals surface area contributed by atoms with E-state index in [9.17, 15) is 23.1 Å². The molecule has 0 atom stereocenters. The number of aromatic carboxylic acids is 1. The minimum atomic E-state index is -4.58. The summed E-state index contributed by atoms with van der Waals surface area (Å²) in [6, 6.07) is 15.4. The minimum Gasteiger partial charge on any atom is -0.478 e. The predicted molar refractivity (Wildman–Crippen MR) is 113 cm³/mol. The number of rotatable bonds is 5. The average molecular weight is 438 g/mol. The Morgan fingerprint density at radius 1 is 0.969 bits per heavy atom. The highest BCUT2D eigenvalue weighted by Crippen LogP contribution is 2.33. The third-order valence-electron chi connectivity index (χ3n) is 4.99. The van der Waals surface area contributed by atoms with E-state index in [1.807, 2.05) is 30.3 Å². The zero-order valence-corrected chi connectivity index (χ0v) is 16.8. The maximum atomic E-state index is 13.0. The lowest BCUT2D eigenvalue weighted by Gasteiger charge is -2.11. The number of fused-ring (bicyclic) bond motifs is 1. The Kier molecular flexibility index (Phi) is 5.63. The maximum absolute atomic E-state index is 13.0. The Morgan fingerprint density at radius 2 is 1.69 bits per heavy atom. The van der Waals surface area contributed by atoms with Gasteiger partial charge in [0.15, 0.2) is 0 Å². The molecule has 8 heteroatoms. The van der Waals surface area contributed by atoms with Crippen LogP contribution in [-0.4, -0.2) is 28.2 Å². The van der Waals surface area contributed by atoms with Crippen molar-refractivity contribution >= 4 is 16.9 Å². The first kappa shape index (κ1) is 21.5. The number of methoxy groups -OCH3 is 1. The number of nitrogens with zero attached hydrogens (tertiary/aromatic N) is 2. The number of aromatic nitrogens is 2. The molecule has 0 spiro atoms. The van der Waals surface area contributed by atoms with Gasteiger partial charge in [-0.1, -0.05) is 30.3 Å². The number of alkyl halides is 3. The van der Waals surface area contributed by atoms with Gasteiger partial charge in [-0.2, -0.15) is 13.2 Å². The van der Waals surface area contributed by atoms with Crippen LogP contribution in [0, 0.1) is 0 Å². The summed E-state index contributed by atoms with van der Waals surface area (Å²) in [5, 5.41) is 9.48. The molecule has 0 saturated carbocycles. The van der Waals surface area contributed by atoms with Crippen molar-refractivity contribution in [3.8, 4) is 22.5 Å². The van der Waals surface area contributed by atoms with Gasteiger partial charge in [0.25, 0.3) is 0 Å². The van der Waals surface area contributed by atoms with Gasteiger partial charge in [0.1, 0.15) is 0 Å². The van der Waals surface area contributed by atoms with Crippen molar-refractivity contribution in [2.75, 3.05) is 7.11 Å². The van der Waals surface area contributed by atoms with Crippen LogP contribution in [-0.2, 0) is 17.5 Å². The van der Waals surface area contributed by atoms with Crippen molar-refractivity contribution in [1.82, 2.24) is 9.97 Å². The van der Waals surface area contributed by atoms with E-state index in [1.165, 1.54) is 12.1 Å². The summed E-state index contributed by atoms with van der Waals surface area (Å²) in [5.41, 5.74) is 2.46. The third-order valence-corrected chi connectivity index (χ3v) is 4.99. The summed E-state index contributed by atoms with van der Waals surface area (Å²) in [5.74, 6) is -1.34. The van der Waals surface area contributed by atoms with E-state index in [0.29, 0.717) is 12.3 Å². The van der Waals surface area contributed by atoms with Crippen LogP contribution in [0.5, 0.6) is 0 Å². The monoisotopic (exact) mass is 438 g/mol. The summed E-state index contributed by atoms with van der Waals surface area (Å²) in [6.07, 6.45) is -2.94. The van der Waals surface area contributed by atoms with E-state index in [4.69, 9.17) is 4.74 Å². The molecule has 0 unspecified atom stereocenters. The number of ether oxygens (including phenoxy) is 1. The molecule has 0 radical (unpaired) electrons. The number of halogens is 3. The second-order valence-electron chi connectivity index (χ2n) is 7.15. The van der Waals surface area contributed by atoms with Gasteiger partial charge in [0.05, 0.1) is 34.6 Å². The lowest BCUT2D eigenvalue weighted by molar-refractivity contribution is -0.137. The SMILES string of the molecule is COCc1ccc(-c2ccc(-c3cc(C(=O)O)c4cc(C(F)(F)F)ccc4n3)nc2)cc1. The fourth-order valence-electron chi connectivity index (χ4n) is 3.39. The quantitative estimate of drug-likeness (QED) is 0.425. The van der Waals surface area contributed by atoms with Crippen LogP contribution in [0.2, 0.25) is 0 Å². The first-order chi connectivity index (χ1) is 15.3. The fraction of sp³-hybridized carbons (Fsp3) is 0.125. The Labute approximate surface area is 181 Å². The first-order valence-corrected chi connectivity index (χ1v) is 9.56. The molecule has 4 aromatic rings. The normalized spacial score (nSPS) is 11.6. The molecule has 0 aliphatic carbocycles. The number of carbonyl (C=O) groups is 1. The zero-order chi connectivity index (χ0) is 22.9. The number of pyridine rings is 2. The van der Waals surface area contributed by atoms with Gasteiger partial charge in [-0.3, -0.25) is 4.98 Å². The first-order valence-electron chi connectivity index (χ1n) is 9.56. The van der Waals surface area contributed by atoms with Crippen LogP contribution in [0.25, 0.3) is 33.4 Å². The highest BCUT2D eigenvalue weighted by molar-refractivity contribution is 6.03. The molecule has 1 N–H and O–H groups in total. The van der Waals surface area contributed by atoms with Crippen LogP contribution in [0.15, 0.2) is 66.9 Å². The van der Waals surface area contributed by atoms with Gasteiger partial charge < -0.3 is 9.84 Å². The van der Waals surface area contributed by atoms with E-state index >= 15 is 0 Å². The number of benzene rings is 2. The van der Waals surface area contributed by atoms with Gasteiger partial charge in [-0.05, 0) is 41.5 Å². The number of hydrogen-bond acceptors (Lipinski definition) is 4. The maximum Gasteiger partial charge on any atom is 0.416 e. The molecule has 4 rings (SSSR count). The van der Waals surface area contributed by atoms with Gasteiger partial charge in [-0.15, -0.1) is 0 Å². The molecule has 162 valence electrons. The minimum absolute atomic E-state index is 0.0798. The van der Waals surface area contributed by atoms with Crippen LogP contribution in [0.1, 0.15) is 21.5 Å². The van der Waals surface area contributed by atoms with E-state index in [1.54, 1.807) is 19.4 Å². The fourth-order valence-corrected chi connectivity index (χ4v) is 3.39. The largest absolute Gasteiger partial charge is 0.478 e. The highest BCUT2D eigenvalue weighted by Gasteiger charge is 2.31. The predicted octanol–water partition coefficient (Wildman–Crippen LogP) is 5.83. The molecule has 2 heterocycles. The molecule has 0 amide bonds. The zero-order valence-electron chi connectivity index (χ0n) is 16.8. The van der Waals surface area contributed by atoms with Crippen molar-refractivity contribution in [2.24, 2.45) is 0 Å². The van der Waals surface area contributed by atoms with Crippen molar-refractivity contribution in [2.45, 2.75) is 12.8 Å². The second kappa shape index (κ2) is 8.39. The molecule has 0 aliphatic heterocycles. The summed E-state index contributed by atoms with van der Waals surface area (Å²) < 4.78 is 44.2. The molecule has 0 saturated heterocycles. The highest BCUT2D eigenvalue weighted by atomic mass is 19.4. The smallest absolute Gasteiger partial charge is 0.416 e.